The van der Waals surface area contributed by atoms with Gasteiger partial charge >= 0.3 is 5.97 Å². The van der Waals surface area contributed by atoms with Gasteiger partial charge in [-0.1, -0.05) is 29.8 Å². The van der Waals surface area contributed by atoms with Crippen molar-refractivity contribution in [1.29, 1.82) is 0 Å². The van der Waals surface area contributed by atoms with Crippen LogP contribution in [-0.4, -0.2) is 18.6 Å². The summed E-state index contributed by atoms with van der Waals surface area (Å²) in [6, 6.07) is 7.37. The molecule has 98 valence electrons. The van der Waals surface area contributed by atoms with Gasteiger partial charge in [-0.05, 0) is 25.5 Å². The number of halogens is 1. The van der Waals surface area contributed by atoms with Crippen LogP contribution < -0.4 is 10.9 Å². The third-order valence-corrected chi connectivity index (χ3v) is 3.51. The topological polar surface area (TPSA) is 50.4 Å². The van der Waals surface area contributed by atoms with E-state index in [4.69, 9.17) is 16.3 Å². The molecule has 0 bridgehead atoms. The maximum atomic E-state index is 12.0. The van der Waals surface area contributed by atoms with Crippen molar-refractivity contribution in [2.45, 2.75) is 25.9 Å². The third kappa shape index (κ3) is 2.51. The lowest BCUT2D eigenvalue weighted by atomic mass is 9.90. The maximum absolute atomic E-state index is 12.0. The van der Waals surface area contributed by atoms with Crippen LogP contribution in [-0.2, 0) is 9.53 Å². The highest BCUT2D eigenvalue weighted by Crippen LogP contribution is 2.33. The Bertz CT molecular complexity index is 439. The van der Waals surface area contributed by atoms with E-state index in [1.54, 1.807) is 0 Å². The molecule has 1 saturated heterocycles. The second-order valence-electron chi connectivity index (χ2n) is 4.35. The number of rotatable bonds is 3. The average molecular weight is 269 g/mol. The van der Waals surface area contributed by atoms with Gasteiger partial charge in [-0.2, -0.15) is 0 Å². The Kier molecular flexibility index (Phi) is 4.22. The Morgan fingerprint density at radius 3 is 2.78 bits per heavy atom. The van der Waals surface area contributed by atoms with Crippen LogP contribution in [0.15, 0.2) is 24.3 Å². The van der Waals surface area contributed by atoms with Crippen LogP contribution in [0.2, 0.25) is 5.02 Å². The lowest BCUT2D eigenvalue weighted by Crippen LogP contribution is -2.31. The molecule has 2 rings (SSSR count). The number of hydrogen-bond donors (Lipinski definition) is 2. The number of benzene rings is 1. The van der Waals surface area contributed by atoms with Gasteiger partial charge < -0.3 is 4.74 Å². The number of nitrogens with one attached hydrogen (secondary N) is 2. The Morgan fingerprint density at radius 1 is 1.39 bits per heavy atom. The van der Waals surface area contributed by atoms with Gasteiger partial charge in [0.1, 0.15) is 0 Å². The van der Waals surface area contributed by atoms with E-state index in [0.717, 1.165) is 5.56 Å². The van der Waals surface area contributed by atoms with Crippen LogP contribution in [0.5, 0.6) is 0 Å². The smallest absolute Gasteiger partial charge is 0.312 e. The van der Waals surface area contributed by atoms with Crippen LogP contribution >= 0.6 is 11.6 Å². The quantitative estimate of drug-likeness (QED) is 0.824. The lowest BCUT2D eigenvalue weighted by Gasteiger charge is -2.20. The summed E-state index contributed by atoms with van der Waals surface area (Å²) in [4.78, 5) is 12.0. The molecule has 1 aromatic rings. The number of esters is 1. The molecule has 0 saturated carbocycles. The summed E-state index contributed by atoms with van der Waals surface area (Å²) in [5.74, 6) is -0.475. The van der Waals surface area contributed by atoms with Crippen molar-refractivity contribution in [3.05, 3.63) is 34.9 Å². The SMILES string of the molecule is CCOC(=O)C1C(C)NNC1c1ccccc1Cl. The van der Waals surface area contributed by atoms with E-state index in [9.17, 15) is 4.79 Å². The molecule has 3 atom stereocenters. The van der Waals surface area contributed by atoms with Gasteiger partial charge in [0, 0.05) is 11.1 Å². The normalized spacial score (nSPS) is 27.2. The highest BCUT2D eigenvalue weighted by atomic mass is 35.5. The zero-order valence-electron chi connectivity index (χ0n) is 10.4. The molecule has 3 unspecified atom stereocenters. The first-order valence-electron chi connectivity index (χ1n) is 6.07. The van der Waals surface area contributed by atoms with Crippen LogP contribution in [0, 0.1) is 5.92 Å². The molecule has 1 fully saturated rings. The molecule has 0 aliphatic carbocycles. The molecule has 0 radical (unpaired) electrons. The van der Waals surface area contributed by atoms with Gasteiger partial charge in [0.15, 0.2) is 0 Å². The van der Waals surface area contributed by atoms with Crippen LogP contribution in [0.3, 0.4) is 0 Å². The van der Waals surface area contributed by atoms with Gasteiger partial charge in [0.25, 0.3) is 0 Å². The highest BCUT2D eigenvalue weighted by molar-refractivity contribution is 6.31. The second-order valence-corrected chi connectivity index (χ2v) is 4.76. The summed E-state index contributed by atoms with van der Waals surface area (Å²) in [6.07, 6.45) is 0. The van der Waals surface area contributed by atoms with Gasteiger partial charge in [-0.25, -0.2) is 5.43 Å². The van der Waals surface area contributed by atoms with Gasteiger partial charge in [0.05, 0.1) is 18.6 Å². The minimum atomic E-state index is -0.273. The van der Waals surface area contributed by atoms with Gasteiger partial charge in [-0.3, -0.25) is 10.2 Å². The van der Waals surface area contributed by atoms with Crippen molar-refractivity contribution in [2.75, 3.05) is 6.61 Å². The monoisotopic (exact) mass is 268 g/mol. The summed E-state index contributed by atoms with van der Waals surface area (Å²) >= 11 is 6.18. The number of hydrazine groups is 1. The molecule has 2 N–H and O–H groups in total. The highest BCUT2D eigenvalue weighted by Gasteiger charge is 2.41. The largest absolute Gasteiger partial charge is 0.466 e. The Balaban J connectivity index is 2.27. The number of hydrogen-bond acceptors (Lipinski definition) is 4. The summed E-state index contributed by atoms with van der Waals surface area (Å²) in [7, 11) is 0. The minimum absolute atomic E-state index is 0.00493. The first-order chi connectivity index (χ1) is 8.65. The summed E-state index contributed by atoms with van der Waals surface area (Å²) in [5, 5.41) is 0.653. The summed E-state index contributed by atoms with van der Waals surface area (Å²) in [6.45, 7) is 4.14. The predicted molar refractivity (Wildman–Crippen MR) is 70.0 cm³/mol. The van der Waals surface area contributed by atoms with E-state index >= 15 is 0 Å². The van der Waals surface area contributed by atoms with E-state index in [2.05, 4.69) is 10.9 Å². The van der Waals surface area contributed by atoms with E-state index in [1.165, 1.54) is 0 Å². The zero-order chi connectivity index (χ0) is 13.1. The molecule has 1 aromatic carbocycles. The maximum Gasteiger partial charge on any atom is 0.312 e. The first-order valence-corrected chi connectivity index (χ1v) is 6.45. The standard InChI is InChI=1S/C13H17ClN2O2/c1-3-18-13(17)11-8(2)15-16-12(11)9-6-4-5-7-10(9)14/h4-8,11-12,15-16H,3H2,1-2H3. The van der Waals surface area contributed by atoms with Crippen LogP contribution in [0.1, 0.15) is 25.5 Å². The Morgan fingerprint density at radius 2 is 2.11 bits per heavy atom. The molecule has 5 heteroatoms. The Labute approximate surface area is 112 Å². The van der Waals surface area contributed by atoms with Crippen molar-refractivity contribution >= 4 is 17.6 Å². The van der Waals surface area contributed by atoms with Crippen molar-refractivity contribution in [3.63, 3.8) is 0 Å². The number of carbonyl (C=O) groups is 1. The van der Waals surface area contributed by atoms with Crippen molar-refractivity contribution in [1.82, 2.24) is 10.9 Å². The molecular formula is C13H17ClN2O2. The summed E-state index contributed by atoms with van der Waals surface area (Å²) < 4.78 is 5.13. The molecule has 0 aromatic heterocycles. The van der Waals surface area contributed by atoms with E-state index in [0.29, 0.717) is 11.6 Å². The molecule has 18 heavy (non-hydrogen) atoms. The molecule has 0 spiro atoms. The van der Waals surface area contributed by atoms with E-state index < -0.39 is 0 Å². The lowest BCUT2D eigenvalue weighted by molar-refractivity contribution is -0.148. The third-order valence-electron chi connectivity index (χ3n) is 3.16. The fraction of sp³-hybridized carbons (Fsp3) is 0.462. The fourth-order valence-electron chi connectivity index (χ4n) is 2.27. The Hall–Kier alpha value is -1.10. The van der Waals surface area contributed by atoms with Gasteiger partial charge in [-0.15, -0.1) is 0 Å². The zero-order valence-corrected chi connectivity index (χ0v) is 11.2. The van der Waals surface area contributed by atoms with Crippen molar-refractivity contribution in [3.8, 4) is 0 Å². The van der Waals surface area contributed by atoms with E-state index in [1.807, 2.05) is 38.1 Å². The molecule has 1 heterocycles. The fourth-order valence-corrected chi connectivity index (χ4v) is 2.52. The second kappa shape index (κ2) is 5.69. The van der Waals surface area contributed by atoms with Crippen LogP contribution in [0.4, 0.5) is 0 Å². The number of carbonyl (C=O) groups excluding carboxylic acids is 1. The van der Waals surface area contributed by atoms with Crippen molar-refractivity contribution < 1.29 is 9.53 Å². The molecular weight excluding hydrogens is 252 g/mol. The molecule has 0 amide bonds. The molecule has 1 aliphatic heterocycles. The summed E-state index contributed by atoms with van der Waals surface area (Å²) in [5.41, 5.74) is 7.10. The average Bonchev–Trinajstić information content (AvgIpc) is 2.72. The molecule has 4 nitrogen and oxygen atoms in total. The molecule has 1 aliphatic rings. The minimum Gasteiger partial charge on any atom is -0.466 e. The predicted octanol–water partition coefficient (Wildman–Crippen LogP) is 2.06. The van der Waals surface area contributed by atoms with Gasteiger partial charge in [0.2, 0.25) is 0 Å². The van der Waals surface area contributed by atoms with Crippen molar-refractivity contribution in [2.24, 2.45) is 5.92 Å². The van der Waals surface area contributed by atoms with Crippen LogP contribution in [0.25, 0.3) is 0 Å². The van der Waals surface area contributed by atoms with E-state index in [-0.39, 0.29) is 24.0 Å². The number of ether oxygens (including phenoxy) is 1. The first kappa shape index (κ1) is 13.3.